The van der Waals surface area contributed by atoms with Crippen molar-refractivity contribution in [2.24, 2.45) is 0 Å². The molecule has 1 atom stereocenters. The molecule has 0 saturated carbocycles. The fourth-order valence-corrected chi connectivity index (χ4v) is 2.75. The van der Waals surface area contributed by atoms with Gasteiger partial charge in [0.2, 0.25) is 0 Å². The van der Waals surface area contributed by atoms with Crippen molar-refractivity contribution in [1.82, 2.24) is 9.80 Å². The summed E-state index contributed by atoms with van der Waals surface area (Å²) in [5.74, 6) is 2.04. The summed E-state index contributed by atoms with van der Waals surface area (Å²) >= 11 is 0. The maximum atomic E-state index is 12.3. The summed E-state index contributed by atoms with van der Waals surface area (Å²) in [5.41, 5.74) is 7.48. The molecular weight excluding hydrogens is 346 g/mol. The van der Waals surface area contributed by atoms with Gasteiger partial charge in [0.1, 0.15) is 11.5 Å². The predicted molar refractivity (Wildman–Crippen MR) is 101 cm³/mol. The van der Waals surface area contributed by atoms with Gasteiger partial charge in [-0.2, -0.15) is 0 Å². The van der Waals surface area contributed by atoms with Gasteiger partial charge in [-0.1, -0.05) is 6.07 Å². The van der Waals surface area contributed by atoms with E-state index in [0.29, 0.717) is 23.8 Å². The Hall–Kier alpha value is -2.77. The van der Waals surface area contributed by atoms with Crippen molar-refractivity contribution in [2.45, 2.75) is 12.8 Å². The number of rotatable bonds is 8. The van der Waals surface area contributed by atoms with E-state index in [9.17, 15) is 4.79 Å². The van der Waals surface area contributed by atoms with Gasteiger partial charge >= 0.3 is 0 Å². The second kappa shape index (κ2) is 7.46. The van der Waals surface area contributed by atoms with E-state index >= 15 is 0 Å². The molecule has 1 amide bonds. The highest BCUT2D eigenvalue weighted by atomic mass is 16.5. The van der Waals surface area contributed by atoms with Crippen molar-refractivity contribution in [3.8, 4) is 17.2 Å². The highest BCUT2D eigenvalue weighted by Gasteiger charge is 2.39. The van der Waals surface area contributed by atoms with Crippen LogP contribution in [0.15, 0.2) is 42.5 Å². The second-order valence-electron chi connectivity index (χ2n) is 6.67. The van der Waals surface area contributed by atoms with E-state index in [1.54, 1.807) is 18.1 Å². The minimum absolute atomic E-state index is 0.0534. The Kier molecular flexibility index (Phi) is 4.87. The van der Waals surface area contributed by atoms with Crippen LogP contribution in [0.25, 0.3) is 0 Å². The van der Waals surface area contributed by atoms with Crippen LogP contribution in [0.4, 0.5) is 5.69 Å². The van der Waals surface area contributed by atoms with Gasteiger partial charge in [0.05, 0.1) is 19.4 Å². The molecule has 0 spiro atoms. The molecule has 27 heavy (non-hydrogen) atoms. The van der Waals surface area contributed by atoms with Gasteiger partial charge in [0.15, 0.2) is 12.0 Å². The third-order valence-electron chi connectivity index (χ3n) is 4.56. The topological polar surface area (TPSA) is 76.8 Å². The van der Waals surface area contributed by atoms with E-state index in [4.69, 9.17) is 19.9 Å². The Bertz CT molecular complexity index is 816. The standard InChI is InChI=1S/C20H23N3O4/c1-25-15-3-5-16(6-4-15)27-18-12-14(2-7-17(18)21)13-26-20(23-10-11-23)19(24)22-8-9-22/h2-7,12,20H,8-11,13,21H2,1H3. The summed E-state index contributed by atoms with van der Waals surface area (Å²) in [6.07, 6.45) is -0.490. The van der Waals surface area contributed by atoms with Crippen molar-refractivity contribution >= 4 is 11.6 Å². The lowest BCUT2D eigenvalue weighted by Crippen LogP contribution is -2.36. The zero-order valence-corrected chi connectivity index (χ0v) is 15.3. The highest BCUT2D eigenvalue weighted by Crippen LogP contribution is 2.30. The maximum Gasteiger partial charge on any atom is 0.267 e. The summed E-state index contributed by atoms with van der Waals surface area (Å²) in [7, 11) is 1.62. The monoisotopic (exact) mass is 369 g/mol. The van der Waals surface area contributed by atoms with Crippen molar-refractivity contribution in [3.05, 3.63) is 48.0 Å². The van der Waals surface area contributed by atoms with E-state index in [1.807, 2.05) is 41.3 Å². The number of ether oxygens (including phenoxy) is 3. The Morgan fingerprint density at radius 1 is 1.07 bits per heavy atom. The predicted octanol–water partition coefficient (Wildman–Crippen LogP) is 2.07. The SMILES string of the molecule is COc1ccc(Oc2cc(COC(C(=O)N3CC3)N3CC3)ccc2N)cc1. The first-order valence-corrected chi connectivity index (χ1v) is 8.99. The lowest BCUT2D eigenvalue weighted by Gasteiger charge is -2.18. The summed E-state index contributed by atoms with van der Waals surface area (Å²) in [5, 5.41) is 0. The summed E-state index contributed by atoms with van der Waals surface area (Å²) in [6.45, 7) is 3.78. The number of carbonyl (C=O) groups is 1. The van der Waals surface area contributed by atoms with Gasteiger partial charge in [0.25, 0.3) is 5.91 Å². The fourth-order valence-electron chi connectivity index (χ4n) is 2.75. The van der Waals surface area contributed by atoms with Crippen LogP contribution in [0.2, 0.25) is 0 Å². The molecule has 0 bridgehead atoms. The average Bonchev–Trinajstić information content (AvgIpc) is 3.57. The van der Waals surface area contributed by atoms with Crippen LogP contribution in [0.5, 0.6) is 17.2 Å². The number of methoxy groups -OCH3 is 1. The molecule has 0 aromatic heterocycles. The van der Waals surface area contributed by atoms with Crippen LogP contribution in [0, 0.1) is 0 Å². The number of anilines is 1. The van der Waals surface area contributed by atoms with Crippen LogP contribution in [0.1, 0.15) is 5.56 Å². The number of amides is 1. The molecule has 7 heteroatoms. The highest BCUT2D eigenvalue weighted by molar-refractivity contribution is 5.82. The van der Waals surface area contributed by atoms with E-state index < -0.39 is 6.23 Å². The van der Waals surface area contributed by atoms with Crippen molar-refractivity contribution in [3.63, 3.8) is 0 Å². The van der Waals surface area contributed by atoms with Crippen LogP contribution in [-0.2, 0) is 16.1 Å². The molecular formula is C20H23N3O4. The van der Waals surface area contributed by atoms with Gasteiger partial charge in [-0.05, 0) is 42.0 Å². The first-order valence-electron chi connectivity index (χ1n) is 8.99. The van der Waals surface area contributed by atoms with Crippen molar-refractivity contribution in [2.75, 3.05) is 39.0 Å². The maximum absolute atomic E-state index is 12.3. The molecule has 0 aliphatic carbocycles. The van der Waals surface area contributed by atoms with E-state index in [0.717, 1.165) is 37.5 Å². The van der Waals surface area contributed by atoms with Gasteiger partial charge < -0.3 is 24.8 Å². The summed E-state index contributed by atoms with van der Waals surface area (Å²) < 4.78 is 17.0. The van der Waals surface area contributed by atoms with Crippen LogP contribution in [0.3, 0.4) is 0 Å². The number of hydrogen-bond donors (Lipinski definition) is 1. The molecule has 2 aromatic rings. The quantitative estimate of drug-likeness (QED) is 0.567. The Balaban J connectivity index is 1.42. The van der Waals surface area contributed by atoms with Gasteiger partial charge in [0, 0.05) is 26.2 Å². The number of nitrogen functional groups attached to an aromatic ring is 1. The first kappa shape index (κ1) is 17.6. The van der Waals surface area contributed by atoms with Crippen LogP contribution < -0.4 is 15.2 Å². The molecule has 1 unspecified atom stereocenters. The molecule has 2 aliphatic heterocycles. The summed E-state index contributed by atoms with van der Waals surface area (Å²) in [6, 6.07) is 12.8. The van der Waals surface area contributed by atoms with Crippen LogP contribution >= 0.6 is 0 Å². The largest absolute Gasteiger partial charge is 0.497 e. The third kappa shape index (κ3) is 4.32. The average molecular weight is 369 g/mol. The van der Waals surface area contributed by atoms with E-state index in [-0.39, 0.29) is 5.91 Å². The van der Waals surface area contributed by atoms with Gasteiger partial charge in [-0.15, -0.1) is 0 Å². The second-order valence-corrected chi connectivity index (χ2v) is 6.67. The number of benzene rings is 2. The van der Waals surface area contributed by atoms with Gasteiger partial charge in [-0.3, -0.25) is 9.69 Å². The lowest BCUT2D eigenvalue weighted by molar-refractivity contribution is -0.146. The van der Waals surface area contributed by atoms with Gasteiger partial charge in [-0.25, -0.2) is 0 Å². The Morgan fingerprint density at radius 3 is 2.41 bits per heavy atom. The molecule has 2 fully saturated rings. The molecule has 4 rings (SSSR count). The van der Waals surface area contributed by atoms with Crippen molar-refractivity contribution in [1.29, 1.82) is 0 Å². The molecule has 2 aliphatic rings. The van der Waals surface area contributed by atoms with Crippen LogP contribution in [-0.4, -0.2) is 55.2 Å². The lowest BCUT2D eigenvalue weighted by atomic mass is 10.2. The normalized spacial score (nSPS) is 16.7. The van der Waals surface area contributed by atoms with E-state index in [2.05, 4.69) is 0 Å². The molecule has 142 valence electrons. The fraction of sp³-hybridized carbons (Fsp3) is 0.350. The molecule has 2 N–H and O–H groups in total. The number of carbonyl (C=O) groups excluding carboxylic acids is 1. The molecule has 2 saturated heterocycles. The molecule has 2 heterocycles. The Morgan fingerprint density at radius 2 is 1.78 bits per heavy atom. The van der Waals surface area contributed by atoms with Crippen molar-refractivity contribution < 1.29 is 19.0 Å². The number of hydrogen-bond acceptors (Lipinski definition) is 6. The molecule has 7 nitrogen and oxygen atoms in total. The minimum atomic E-state index is -0.490. The molecule has 0 radical (unpaired) electrons. The number of nitrogens with zero attached hydrogens (tertiary/aromatic N) is 2. The number of nitrogens with two attached hydrogens (primary N) is 1. The smallest absolute Gasteiger partial charge is 0.267 e. The third-order valence-corrected chi connectivity index (χ3v) is 4.56. The Labute approximate surface area is 158 Å². The minimum Gasteiger partial charge on any atom is -0.497 e. The first-order chi connectivity index (χ1) is 13.1. The zero-order chi connectivity index (χ0) is 18.8. The summed E-state index contributed by atoms with van der Waals surface area (Å²) in [4.78, 5) is 16.1. The zero-order valence-electron chi connectivity index (χ0n) is 15.3. The molecule has 2 aromatic carbocycles. The van der Waals surface area contributed by atoms with E-state index in [1.165, 1.54) is 0 Å².